The van der Waals surface area contributed by atoms with Crippen LogP contribution in [-0.4, -0.2) is 76.8 Å². The van der Waals surface area contributed by atoms with Crippen molar-refractivity contribution in [1.29, 1.82) is 0 Å². The summed E-state index contributed by atoms with van der Waals surface area (Å²) in [6.07, 6.45) is 8.73. The van der Waals surface area contributed by atoms with E-state index < -0.39 is 5.60 Å². The smallest absolute Gasteiger partial charge is 0.410 e. The van der Waals surface area contributed by atoms with Crippen LogP contribution in [0.4, 0.5) is 4.79 Å². The van der Waals surface area contributed by atoms with Gasteiger partial charge in [-0.1, -0.05) is 6.92 Å². The van der Waals surface area contributed by atoms with E-state index in [-0.39, 0.29) is 6.09 Å². The molecule has 8 nitrogen and oxygen atoms in total. The minimum Gasteiger partial charge on any atom is -0.444 e. The highest BCUT2D eigenvalue weighted by Crippen LogP contribution is 2.27. The van der Waals surface area contributed by atoms with Crippen LogP contribution in [0.2, 0.25) is 0 Å². The van der Waals surface area contributed by atoms with Crippen LogP contribution in [0.3, 0.4) is 0 Å². The summed E-state index contributed by atoms with van der Waals surface area (Å²) in [5, 5.41) is 3.59. The van der Waals surface area contributed by atoms with Crippen molar-refractivity contribution >= 4 is 12.1 Å². The number of hydrogen-bond donors (Lipinski definition) is 1. The third-order valence-corrected chi connectivity index (χ3v) is 6.15. The maximum atomic E-state index is 12.2. The van der Waals surface area contributed by atoms with Crippen molar-refractivity contribution in [3.8, 4) is 0 Å². The number of hydrogen-bond acceptors (Lipinski definition) is 4. The number of aromatic nitrogens is 2. The molecule has 30 heavy (non-hydrogen) atoms. The summed E-state index contributed by atoms with van der Waals surface area (Å²) in [6.45, 7) is 12.4. The van der Waals surface area contributed by atoms with E-state index in [2.05, 4.69) is 37.9 Å². The molecule has 0 aliphatic carbocycles. The molecule has 8 heteroatoms. The zero-order valence-corrected chi connectivity index (χ0v) is 19.2. The lowest BCUT2D eigenvalue weighted by atomic mass is 9.93. The minimum absolute atomic E-state index is 0.197. The fourth-order valence-corrected chi connectivity index (χ4v) is 4.31. The molecular weight excluding hydrogens is 380 g/mol. The largest absolute Gasteiger partial charge is 0.444 e. The predicted octanol–water partition coefficient (Wildman–Crippen LogP) is 2.99. The lowest BCUT2D eigenvalue weighted by Crippen LogP contribution is -2.50. The quantitative estimate of drug-likeness (QED) is 0.603. The molecule has 2 saturated heterocycles. The Balaban J connectivity index is 1.47. The normalized spacial score (nSPS) is 24.1. The first-order chi connectivity index (χ1) is 14.3. The van der Waals surface area contributed by atoms with Crippen LogP contribution >= 0.6 is 0 Å². The van der Waals surface area contributed by atoms with Crippen molar-refractivity contribution in [2.75, 3.05) is 39.8 Å². The second-order valence-electron chi connectivity index (χ2n) is 9.63. The summed E-state index contributed by atoms with van der Waals surface area (Å²) in [6, 6.07) is 0.414. The monoisotopic (exact) mass is 418 g/mol. The van der Waals surface area contributed by atoms with Gasteiger partial charge in [-0.05, 0) is 51.9 Å². The number of aliphatic imine (C=N–C) groups is 1. The number of imidazole rings is 1. The Morgan fingerprint density at radius 2 is 1.90 bits per heavy atom. The Morgan fingerprint density at radius 1 is 1.20 bits per heavy atom. The summed E-state index contributed by atoms with van der Waals surface area (Å²) in [4.78, 5) is 25.2. The zero-order valence-electron chi connectivity index (χ0n) is 19.2. The molecule has 0 saturated carbocycles. The van der Waals surface area contributed by atoms with Crippen molar-refractivity contribution in [2.24, 2.45) is 16.8 Å². The topological polar surface area (TPSA) is 75.0 Å². The standard InChI is InChI=1S/C22H38N6O2/c1-17-6-10-27(15-19(17)28-13-9-24-16-28)20(23-5)25-14-18-7-11-26(12-8-18)21(29)30-22(2,3)4/h9,13,16-19H,6-8,10-12,14-15H2,1-5H3,(H,23,25). The third-order valence-electron chi connectivity index (χ3n) is 6.15. The van der Waals surface area contributed by atoms with Gasteiger partial charge < -0.3 is 24.4 Å². The average molecular weight is 419 g/mol. The first-order valence-electron chi connectivity index (χ1n) is 11.2. The molecule has 2 unspecified atom stereocenters. The highest BCUT2D eigenvalue weighted by molar-refractivity contribution is 5.80. The van der Waals surface area contributed by atoms with Gasteiger partial charge in [0, 0.05) is 52.2 Å². The fourth-order valence-electron chi connectivity index (χ4n) is 4.31. The van der Waals surface area contributed by atoms with Crippen molar-refractivity contribution in [3.63, 3.8) is 0 Å². The Morgan fingerprint density at radius 3 is 2.50 bits per heavy atom. The summed E-state index contributed by atoms with van der Waals surface area (Å²) in [7, 11) is 1.86. The molecule has 1 aromatic rings. The molecular formula is C22H38N6O2. The van der Waals surface area contributed by atoms with Crippen LogP contribution in [-0.2, 0) is 4.74 Å². The molecule has 2 aliphatic rings. The molecule has 3 rings (SSSR count). The van der Waals surface area contributed by atoms with Gasteiger partial charge in [-0.15, -0.1) is 0 Å². The molecule has 2 atom stereocenters. The number of nitrogens with zero attached hydrogens (tertiary/aromatic N) is 5. The van der Waals surface area contributed by atoms with Crippen molar-refractivity contribution < 1.29 is 9.53 Å². The van der Waals surface area contributed by atoms with Crippen LogP contribution in [0.1, 0.15) is 53.0 Å². The Bertz CT molecular complexity index is 704. The van der Waals surface area contributed by atoms with Crippen molar-refractivity contribution in [2.45, 2.75) is 58.6 Å². The van der Waals surface area contributed by atoms with Crippen molar-refractivity contribution in [1.82, 2.24) is 24.7 Å². The molecule has 2 fully saturated rings. The lowest BCUT2D eigenvalue weighted by molar-refractivity contribution is 0.0185. The number of rotatable bonds is 3. The summed E-state index contributed by atoms with van der Waals surface area (Å²) >= 11 is 0. The van der Waals surface area contributed by atoms with Crippen LogP contribution < -0.4 is 5.32 Å². The maximum absolute atomic E-state index is 12.2. The number of carbonyl (C=O) groups excluding carboxylic acids is 1. The van der Waals surface area contributed by atoms with E-state index in [1.807, 2.05) is 45.2 Å². The molecule has 0 radical (unpaired) electrons. The maximum Gasteiger partial charge on any atom is 0.410 e. The van der Waals surface area contributed by atoms with Gasteiger partial charge in [0.05, 0.1) is 12.4 Å². The molecule has 2 aliphatic heterocycles. The second-order valence-corrected chi connectivity index (χ2v) is 9.63. The number of likely N-dealkylation sites (tertiary alicyclic amines) is 2. The number of piperidine rings is 2. The molecule has 3 heterocycles. The first kappa shape index (κ1) is 22.4. The zero-order chi connectivity index (χ0) is 21.7. The van der Waals surface area contributed by atoms with Crippen LogP contribution in [0.15, 0.2) is 23.7 Å². The molecule has 1 amide bonds. The lowest BCUT2D eigenvalue weighted by Gasteiger charge is -2.40. The number of carbonyl (C=O) groups is 1. The molecule has 1 aromatic heterocycles. The van der Waals surface area contributed by atoms with Gasteiger partial charge in [0.2, 0.25) is 0 Å². The van der Waals surface area contributed by atoms with E-state index >= 15 is 0 Å². The summed E-state index contributed by atoms with van der Waals surface area (Å²) < 4.78 is 7.71. The second kappa shape index (κ2) is 9.71. The Labute approximate surface area is 180 Å². The third kappa shape index (κ3) is 5.89. The number of amides is 1. The van der Waals surface area contributed by atoms with E-state index in [1.165, 1.54) is 0 Å². The predicted molar refractivity (Wildman–Crippen MR) is 119 cm³/mol. The number of ether oxygens (including phenoxy) is 1. The number of guanidine groups is 1. The van der Waals surface area contributed by atoms with Crippen molar-refractivity contribution in [3.05, 3.63) is 18.7 Å². The van der Waals surface area contributed by atoms with Crippen LogP contribution in [0.25, 0.3) is 0 Å². The van der Waals surface area contributed by atoms with E-state index in [0.717, 1.165) is 57.9 Å². The van der Waals surface area contributed by atoms with E-state index in [0.29, 0.717) is 17.9 Å². The Kier molecular flexibility index (Phi) is 7.26. The fraction of sp³-hybridized carbons (Fsp3) is 0.773. The Hall–Kier alpha value is -2.25. The van der Waals surface area contributed by atoms with Gasteiger partial charge in [0.25, 0.3) is 0 Å². The van der Waals surface area contributed by atoms with Gasteiger partial charge in [0.15, 0.2) is 5.96 Å². The van der Waals surface area contributed by atoms with Gasteiger partial charge in [0.1, 0.15) is 5.60 Å². The molecule has 0 bridgehead atoms. The van der Waals surface area contributed by atoms with Crippen LogP contribution in [0, 0.1) is 11.8 Å². The van der Waals surface area contributed by atoms with Gasteiger partial charge >= 0.3 is 6.09 Å². The molecule has 0 aromatic carbocycles. The molecule has 1 N–H and O–H groups in total. The van der Waals surface area contributed by atoms with Crippen LogP contribution in [0.5, 0.6) is 0 Å². The van der Waals surface area contributed by atoms with E-state index in [4.69, 9.17) is 4.74 Å². The first-order valence-corrected chi connectivity index (χ1v) is 11.2. The molecule has 0 spiro atoms. The molecule has 168 valence electrons. The van der Waals surface area contributed by atoms with E-state index in [9.17, 15) is 4.79 Å². The minimum atomic E-state index is -0.442. The summed E-state index contributed by atoms with van der Waals surface area (Å²) in [5.74, 6) is 2.13. The van der Waals surface area contributed by atoms with Gasteiger partial charge in [-0.3, -0.25) is 4.99 Å². The SMILES string of the molecule is CN=C(NCC1CCN(C(=O)OC(C)(C)C)CC1)N1CCC(C)C(n2ccnc2)C1. The van der Waals surface area contributed by atoms with Gasteiger partial charge in [-0.25, -0.2) is 9.78 Å². The number of nitrogens with one attached hydrogen (secondary N) is 1. The van der Waals surface area contributed by atoms with E-state index in [1.54, 1.807) is 0 Å². The van der Waals surface area contributed by atoms with Gasteiger partial charge in [-0.2, -0.15) is 0 Å². The summed E-state index contributed by atoms with van der Waals surface area (Å²) in [5.41, 5.74) is -0.442. The highest BCUT2D eigenvalue weighted by atomic mass is 16.6. The highest BCUT2D eigenvalue weighted by Gasteiger charge is 2.30. The average Bonchev–Trinajstić information content (AvgIpc) is 3.23.